The lowest BCUT2D eigenvalue weighted by atomic mass is 10.1. The van der Waals surface area contributed by atoms with Gasteiger partial charge < -0.3 is 4.74 Å². The minimum Gasteiger partial charge on any atom is -0.453 e. The van der Waals surface area contributed by atoms with E-state index in [0.29, 0.717) is 17.1 Å². The minimum absolute atomic E-state index is 0.524. The van der Waals surface area contributed by atoms with Gasteiger partial charge in [-0.1, -0.05) is 22.0 Å². The molecule has 0 N–H and O–H groups in total. The first kappa shape index (κ1) is 12.7. The molecular weight excluding hydrogens is 294 g/mol. The molecule has 1 heterocycles. The van der Waals surface area contributed by atoms with Gasteiger partial charge in [0.25, 0.3) is 0 Å². The van der Waals surface area contributed by atoms with Gasteiger partial charge in [0, 0.05) is 11.9 Å². The number of nitriles is 1. The predicted molar refractivity (Wildman–Crippen MR) is 71.8 cm³/mol. The average Bonchev–Trinajstić information content (AvgIpc) is 2.87. The standard InChI is InChI=1S/C13H12BrN3O/c1-2-17-9-12(8-16-17)18-13-4-3-10(6-14)5-11(13)7-15/h3-5,8-9H,2,6H2,1H3. The molecule has 1 aromatic carbocycles. The van der Waals surface area contributed by atoms with E-state index < -0.39 is 0 Å². The Balaban J connectivity index is 2.26. The van der Waals surface area contributed by atoms with Crippen LogP contribution < -0.4 is 4.74 Å². The molecule has 2 aromatic rings. The van der Waals surface area contributed by atoms with Crippen LogP contribution in [0, 0.1) is 11.3 Å². The number of hydrogen-bond donors (Lipinski definition) is 0. The van der Waals surface area contributed by atoms with Crippen molar-refractivity contribution in [3.05, 3.63) is 41.7 Å². The molecule has 4 nitrogen and oxygen atoms in total. The van der Waals surface area contributed by atoms with Gasteiger partial charge in [-0.3, -0.25) is 4.68 Å². The summed E-state index contributed by atoms with van der Waals surface area (Å²) in [7, 11) is 0. The lowest BCUT2D eigenvalue weighted by Gasteiger charge is -2.06. The van der Waals surface area contributed by atoms with Crippen molar-refractivity contribution in [2.45, 2.75) is 18.8 Å². The molecule has 0 aliphatic carbocycles. The number of ether oxygens (including phenoxy) is 1. The Kier molecular flexibility index (Phi) is 4.00. The van der Waals surface area contributed by atoms with Gasteiger partial charge in [-0.25, -0.2) is 0 Å². The van der Waals surface area contributed by atoms with Crippen LogP contribution in [0.4, 0.5) is 0 Å². The van der Waals surface area contributed by atoms with Crippen LogP contribution in [0.2, 0.25) is 0 Å². The van der Waals surface area contributed by atoms with E-state index in [1.165, 1.54) is 0 Å². The van der Waals surface area contributed by atoms with Crippen LogP contribution in [-0.2, 0) is 11.9 Å². The summed E-state index contributed by atoms with van der Waals surface area (Å²) in [6.45, 7) is 2.79. The SMILES string of the molecule is CCn1cc(Oc2ccc(CBr)cc2C#N)cn1. The number of aryl methyl sites for hydroxylation is 1. The highest BCUT2D eigenvalue weighted by Gasteiger charge is 2.07. The molecule has 0 amide bonds. The van der Waals surface area contributed by atoms with Crippen LogP contribution in [0.5, 0.6) is 11.5 Å². The first-order valence-electron chi connectivity index (χ1n) is 5.56. The number of rotatable bonds is 4. The van der Waals surface area contributed by atoms with E-state index >= 15 is 0 Å². The van der Waals surface area contributed by atoms with Crippen molar-refractivity contribution in [2.75, 3.05) is 0 Å². The third-order valence-electron chi connectivity index (χ3n) is 2.48. The zero-order valence-corrected chi connectivity index (χ0v) is 11.5. The van der Waals surface area contributed by atoms with E-state index in [-0.39, 0.29) is 0 Å². The van der Waals surface area contributed by atoms with Gasteiger partial charge in [0.15, 0.2) is 5.75 Å². The third kappa shape index (κ3) is 2.71. The number of hydrogen-bond acceptors (Lipinski definition) is 3. The van der Waals surface area contributed by atoms with Gasteiger partial charge in [0.1, 0.15) is 11.8 Å². The summed E-state index contributed by atoms with van der Waals surface area (Å²) < 4.78 is 7.43. The third-order valence-corrected chi connectivity index (χ3v) is 3.13. The molecule has 92 valence electrons. The fraction of sp³-hybridized carbons (Fsp3) is 0.231. The highest BCUT2D eigenvalue weighted by molar-refractivity contribution is 9.08. The summed E-state index contributed by atoms with van der Waals surface area (Å²) in [5.74, 6) is 1.19. The summed E-state index contributed by atoms with van der Waals surface area (Å²) in [5.41, 5.74) is 1.57. The van der Waals surface area contributed by atoms with Crippen LogP contribution >= 0.6 is 15.9 Å². The Bertz CT molecular complexity index is 586. The second-order valence-electron chi connectivity index (χ2n) is 3.71. The highest BCUT2D eigenvalue weighted by Crippen LogP contribution is 2.26. The fourth-order valence-electron chi connectivity index (χ4n) is 1.53. The molecule has 0 saturated heterocycles. The van der Waals surface area contributed by atoms with Gasteiger partial charge in [-0.2, -0.15) is 10.4 Å². The second-order valence-corrected chi connectivity index (χ2v) is 4.27. The summed E-state index contributed by atoms with van der Waals surface area (Å²) in [5, 5.41) is 13.9. The van der Waals surface area contributed by atoms with Crippen molar-refractivity contribution in [1.82, 2.24) is 9.78 Å². The monoisotopic (exact) mass is 305 g/mol. The predicted octanol–water partition coefficient (Wildman–Crippen LogP) is 3.46. The van der Waals surface area contributed by atoms with Crippen LogP contribution in [0.3, 0.4) is 0 Å². The molecule has 0 aliphatic heterocycles. The molecule has 0 spiro atoms. The molecule has 0 bridgehead atoms. The van der Waals surface area contributed by atoms with Gasteiger partial charge in [-0.05, 0) is 24.6 Å². The molecule has 18 heavy (non-hydrogen) atoms. The average molecular weight is 306 g/mol. The molecule has 5 heteroatoms. The Hall–Kier alpha value is -1.80. The molecule has 1 aromatic heterocycles. The lowest BCUT2D eigenvalue weighted by Crippen LogP contribution is -1.92. The molecular formula is C13H12BrN3O. The second kappa shape index (κ2) is 5.69. The smallest absolute Gasteiger partial charge is 0.165 e. The molecule has 0 atom stereocenters. The topological polar surface area (TPSA) is 50.8 Å². The van der Waals surface area contributed by atoms with Gasteiger partial charge in [0.05, 0.1) is 18.0 Å². The van der Waals surface area contributed by atoms with E-state index in [0.717, 1.165) is 17.4 Å². The molecule has 0 fully saturated rings. The fourth-order valence-corrected chi connectivity index (χ4v) is 1.88. The van der Waals surface area contributed by atoms with Crippen LogP contribution in [0.15, 0.2) is 30.6 Å². The Morgan fingerprint density at radius 3 is 2.94 bits per heavy atom. The molecule has 0 saturated carbocycles. The van der Waals surface area contributed by atoms with Crippen molar-refractivity contribution >= 4 is 15.9 Å². The summed E-state index contributed by atoms with van der Waals surface area (Å²) in [6, 6.07) is 7.68. The zero-order chi connectivity index (χ0) is 13.0. The van der Waals surface area contributed by atoms with E-state index in [1.54, 1.807) is 23.1 Å². The number of aromatic nitrogens is 2. The molecule has 0 aliphatic rings. The van der Waals surface area contributed by atoms with E-state index in [4.69, 9.17) is 10.00 Å². The highest BCUT2D eigenvalue weighted by atomic mass is 79.9. The maximum atomic E-state index is 9.10. The van der Waals surface area contributed by atoms with Crippen molar-refractivity contribution in [2.24, 2.45) is 0 Å². The van der Waals surface area contributed by atoms with Crippen molar-refractivity contribution in [1.29, 1.82) is 5.26 Å². The first-order chi connectivity index (χ1) is 8.76. The molecule has 2 rings (SSSR count). The summed E-state index contributed by atoms with van der Waals surface area (Å²) in [4.78, 5) is 0. The van der Waals surface area contributed by atoms with Crippen LogP contribution in [-0.4, -0.2) is 9.78 Å². The largest absolute Gasteiger partial charge is 0.453 e. The maximum absolute atomic E-state index is 9.10. The van der Waals surface area contributed by atoms with E-state index in [2.05, 4.69) is 27.1 Å². The summed E-state index contributed by atoms with van der Waals surface area (Å²) in [6.07, 6.45) is 3.45. The maximum Gasteiger partial charge on any atom is 0.165 e. The van der Waals surface area contributed by atoms with E-state index in [9.17, 15) is 0 Å². The van der Waals surface area contributed by atoms with Gasteiger partial charge in [0.2, 0.25) is 0 Å². The van der Waals surface area contributed by atoms with Crippen LogP contribution in [0.1, 0.15) is 18.1 Å². The Morgan fingerprint density at radius 2 is 2.33 bits per heavy atom. The number of alkyl halides is 1. The summed E-state index contributed by atoms with van der Waals surface area (Å²) >= 11 is 3.36. The first-order valence-corrected chi connectivity index (χ1v) is 6.68. The quantitative estimate of drug-likeness (QED) is 0.813. The lowest BCUT2D eigenvalue weighted by molar-refractivity contribution is 0.479. The minimum atomic E-state index is 0.524. The normalized spacial score (nSPS) is 10.1. The Morgan fingerprint density at radius 1 is 1.50 bits per heavy atom. The Labute approximate surface area is 114 Å². The van der Waals surface area contributed by atoms with Gasteiger partial charge in [-0.15, -0.1) is 0 Å². The van der Waals surface area contributed by atoms with Crippen molar-refractivity contribution in [3.8, 4) is 17.6 Å². The molecule has 0 unspecified atom stereocenters. The van der Waals surface area contributed by atoms with Crippen molar-refractivity contribution < 1.29 is 4.74 Å². The molecule has 0 radical (unpaired) electrons. The number of benzene rings is 1. The zero-order valence-electron chi connectivity index (χ0n) is 9.93. The van der Waals surface area contributed by atoms with Gasteiger partial charge >= 0.3 is 0 Å². The van der Waals surface area contributed by atoms with Crippen LogP contribution in [0.25, 0.3) is 0 Å². The van der Waals surface area contributed by atoms with Crippen molar-refractivity contribution in [3.63, 3.8) is 0 Å². The number of nitrogens with zero attached hydrogens (tertiary/aromatic N) is 3. The number of halogens is 1. The van der Waals surface area contributed by atoms with E-state index in [1.807, 2.05) is 19.1 Å².